The highest BCUT2D eigenvalue weighted by Gasteiger charge is 2.49. The maximum absolute atomic E-state index is 16.6. The zero-order chi connectivity index (χ0) is 30.2. The van der Waals surface area contributed by atoms with Crippen LogP contribution >= 0.6 is 0 Å². The van der Waals surface area contributed by atoms with Crippen LogP contribution in [0.3, 0.4) is 0 Å². The Labute approximate surface area is 251 Å². The van der Waals surface area contributed by atoms with Gasteiger partial charge in [0, 0.05) is 55.3 Å². The van der Waals surface area contributed by atoms with E-state index in [4.69, 9.17) is 9.72 Å². The topological polar surface area (TPSA) is 86.6 Å². The summed E-state index contributed by atoms with van der Waals surface area (Å²) in [6.07, 6.45) is 5.65. The van der Waals surface area contributed by atoms with Gasteiger partial charge in [0.25, 0.3) is 0 Å². The number of pyridine rings is 1. The van der Waals surface area contributed by atoms with Gasteiger partial charge in [-0.1, -0.05) is 6.07 Å². The second-order valence-electron chi connectivity index (χ2n) is 12.7. The second-order valence-corrected chi connectivity index (χ2v) is 12.7. The van der Waals surface area contributed by atoms with E-state index in [2.05, 4.69) is 25.1 Å². The Hall–Kier alpha value is -3.77. The molecule has 12 heteroatoms. The van der Waals surface area contributed by atoms with Crippen molar-refractivity contribution < 1.29 is 27.4 Å². The molecule has 2 unspecified atom stereocenters. The van der Waals surface area contributed by atoms with Crippen molar-refractivity contribution in [2.75, 3.05) is 37.7 Å². The molecule has 0 aliphatic carbocycles. The number of phenolic OH excluding ortho intramolecular Hbond substituents is 1. The van der Waals surface area contributed by atoms with Crippen LogP contribution in [0.4, 0.5) is 23.4 Å². The Morgan fingerprint density at radius 1 is 1.02 bits per heavy atom. The molecular formula is C32H32F4N6O2. The number of benzene rings is 2. The summed E-state index contributed by atoms with van der Waals surface area (Å²) in [5, 5.41) is 14.4. The molecule has 6 heterocycles. The van der Waals surface area contributed by atoms with E-state index in [0.717, 1.165) is 44.7 Å². The first-order chi connectivity index (χ1) is 21.3. The number of nitrogens with zero attached hydrogens (tertiary/aromatic N) is 5. The largest absolute Gasteiger partial charge is 0.508 e. The Kier molecular flexibility index (Phi) is 6.56. The minimum Gasteiger partial charge on any atom is -0.508 e. The number of rotatable bonds is 5. The fourth-order valence-electron chi connectivity index (χ4n) is 7.87. The summed E-state index contributed by atoms with van der Waals surface area (Å²) >= 11 is 0. The highest BCUT2D eigenvalue weighted by molar-refractivity contribution is 6.00. The van der Waals surface area contributed by atoms with Gasteiger partial charge < -0.3 is 20.1 Å². The number of hydrogen-bond donors (Lipinski definition) is 2. The maximum atomic E-state index is 16.6. The number of alkyl halides is 1. The van der Waals surface area contributed by atoms with Gasteiger partial charge in [0.2, 0.25) is 0 Å². The number of aromatic hydroxyl groups is 1. The first-order valence-corrected chi connectivity index (χ1v) is 15.3. The maximum Gasteiger partial charge on any atom is 0.319 e. The van der Waals surface area contributed by atoms with Gasteiger partial charge in [-0.05, 0) is 62.2 Å². The van der Waals surface area contributed by atoms with Crippen LogP contribution in [-0.2, 0) is 0 Å². The molecule has 0 amide bonds. The highest BCUT2D eigenvalue weighted by Crippen LogP contribution is 2.42. The average molecular weight is 609 g/mol. The predicted molar refractivity (Wildman–Crippen MR) is 157 cm³/mol. The number of halogens is 4. The molecule has 0 spiro atoms. The number of phenols is 1. The van der Waals surface area contributed by atoms with Crippen molar-refractivity contribution in [3.8, 4) is 23.0 Å². The van der Waals surface area contributed by atoms with Crippen LogP contribution < -0.4 is 15.0 Å². The van der Waals surface area contributed by atoms with Crippen LogP contribution in [0.25, 0.3) is 32.9 Å². The smallest absolute Gasteiger partial charge is 0.319 e. The predicted octanol–water partition coefficient (Wildman–Crippen LogP) is 5.25. The van der Waals surface area contributed by atoms with Gasteiger partial charge in [-0.2, -0.15) is 9.97 Å². The summed E-state index contributed by atoms with van der Waals surface area (Å²) in [6.45, 7) is 2.69. The standard InChI is InChI=1S/C32H32F4N6O2/c33-18-12-32(7-1-8-42(32)14-18)16-44-31-39-29-23(30(40-31)41-9-6-19-3-4-20(15-41)38-19)13-37-28(27(29)36)22-11-21(43)10-17-2-5-24(34)26(35)25(17)22/h2,5,10-11,13,18-20,38,43H,1,3-4,6-9,12,14-16H2/t18-,19?,20?,32+/m1/s1. The third kappa shape index (κ3) is 4.52. The molecule has 0 radical (unpaired) electrons. The number of anilines is 1. The van der Waals surface area contributed by atoms with Crippen molar-refractivity contribution in [2.45, 2.75) is 62.3 Å². The molecule has 0 saturated carbocycles. The van der Waals surface area contributed by atoms with Crippen LogP contribution in [0, 0.1) is 17.5 Å². The van der Waals surface area contributed by atoms with Gasteiger partial charge in [0.05, 0.1) is 10.9 Å². The summed E-state index contributed by atoms with van der Waals surface area (Å²) < 4.78 is 66.6. The Bertz CT molecular complexity index is 1790. The Morgan fingerprint density at radius 3 is 2.77 bits per heavy atom. The Morgan fingerprint density at radius 2 is 1.89 bits per heavy atom. The van der Waals surface area contributed by atoms with Crippen LogP contribution in [0.2, 0.25) is 0 Å². The van der Waals surface area contributed by atoms with Crippen LogP contribution in [-0.4, -0.2) is 81.5 Å². The van der Waals surface area contributed by atoms with Gasteiger partial charge in [-0.3, -0.25) is 9.88 Å². The van der Waals surface area contributed by atoms with E-state index in [9.17, 15) is 13.9 Å². The molecule has 8 nitrogen and oxygen atoms in total. The molecule has 4 aliphatic heterocycles. The summed E-state index contributed by atoms with van der Waals surface area (Å²) in [5.41, 5.74) is -0.920. The quantitative estimate of drug-likeness (QED) is 0.297. The zero-order valence-electron chi connectivity index (χ0n) is 24.0. The van der Waals surface area contributed by atoms with Gasteiger partial charge in [0.15, 0.2) is 17.5 Å². The second kappa shape index (κ2) is 10.4. The number of fused-ring (bicyclic) bond motifs is 5. The van der Waals surface area contributed by atoms with Crippen LogP contribution in [0.1, 0.15) is 38.5 Å². The molecule has 4 fully saturated rings. The number of ether oxygens (including phenoxy) is 1. The average Bonchev–Trinajstić information content (AvgIpc) is 3.64. The van der Waals surface area contributed by atoms with E-state index in [1.165, 1.54) is 24.4 Å². The fraction of sp³-hybridized carbons (Fsp3) is 0.469. The summed E-state index contributed by atoms with van der Waals surface area (Å²) in [7, 11) is 0. The zero-order valence-corrected chi connectivity index (χ0v) is 24.0. The molecule has 2 bridgehead atoms. The number of nitrogens with one attached hydrogen (secondary N) is 1. The summed E-state index contributed by atoms with van der Waals surface area (Å²) in [5.74, 6) is -2.90. The Balaban J connectivity index is 1.26. The lowest BCUT2D eigenvalue weighted by atomic mass is 9.95. The molecule has 4 aliphatic rings. The van der Waals surface area contributed by atoms with Gasteiger partial charge in [-0.15, -0.1) is 0 Å². The highest BCUT2D eigenvalue weighted by atomic mass is 19.2. The normalized spacial score (nSPS) is 26.9. The van der Waals surface area contributed by atoms with Crippen molar-refractivity contribution in [3.05, 3.63) is 47.9 Å². The third-order valence-electron chi connectivity index (χ3n) is 9.94. The van der Waals surface area contributed by atoms with Gasteiger partial charge >= 0.3 is 6.01 Å². The number of hydrogen-bond acceptors (Lipinski definition) is 8. The van der Waals surface area contributed by atoms with Crippen LogP contribution in [0.15, 0.2) is 30.5 Å². The molecule has 8 rings (SSSR count). The summed E-state index contributed by atoms with van der Waals surface area (Å²) in [4.78, 5) is 17.8. The minimum absolute atomic E-state index is 0.0348. The molecule has 2 aromatic carbocycles. The fourth-order valence-corrected chi connectivity index (χ4v) is 7.87. The van der Waals surface area contributed by atoms with E-state index in [0.29, 0.717) is 43.3 Å². The first-order valence-electron chi connectivity index (χ1n) is 15.3. The minimum atomic E-state index is -1.17. The SMILES string of the molecule is Oc1cc(-c2ncc3c(N4CCC5CCC(C4)N5)nc(OC[C@@]45CCCN4C[C@H](F)C5)nc3c2F)c2c(F)c(F)ccc2c1. The lowest BCUT2D eigenvalue weighted by Crippen LogP contribution is -2.43. The monoisotopic (exact) mass is 608 g/mol. The van der Waals surface area contributed by atoms with E-state index in [1.54, 1.807) is 0 Å². The van der Waals surface area contributed by atoms with Crippen molar-refractivity contribution in [3.63, 3.8) is 0 Å². The van der Waals surface area contributed by atoms with E-state index in [1.807, 2.05) is 0 Å². The molecular weight excluding hydrogens is 576 g/mol. The molecule has 2 aromatic heterocycles. The van der Waals surface area contributed by atoms with E-state index in [-0.39, 0.29) is 52.0 Å². The lowest BCUT2D eigenvalue weighted by Gasteiger charge is -2.31. The van der Waals surface area contributed by atoms with E-state index < -0.39 is 29.2 Å². The van der Waals surface area contributed by atoms with E-state index >= 15 is 8.78 Å². The third-order valence-corrected chi connectivity index (χ3v) is 9.94. The van der Waals surface area contributed by atoms with Crippen LogP contribution in [0.5, 0.6) is 11.8 Å². The lowest BCUT2D eigenvalue weighted by molar-refractivity contribution is 0.107. The van der Waals surface area contributed by atoms with Gasteiger partial charge in [0.1, 0.15) is 35.6 Å². The molecule has 44 heavy (non-hydrogen) atoms. The summed E-state index contributed by atoms with van der Waals surface area (Å²) in [6, 6.07) is 5.36. The van der Waals surface area contributed by atoms with Crippen molar-refractivity contribution in [2.24, 2.45) is 0 Å². The van der Waals surface area contributed by atoms with Gasteiger partial charge in [-0.25, -0.2) is 17.6 Å². The molecule has 230 valence electrons. The van der Waals surface area contributed by atoms with Crippen molar-refractivity contribution in [1.82, 2.24) is 25.2 Å². The molecule has 4 atom stereocenters. The van der Waals surface area contributed by atoms with Crippen molar-refractivity contribution >= 4 is 27.5 Å². The van der Waals surface area contributed by atoms with Crippen molar-refractivity contribution in [1.29, 1.82) is 0 Å². The first kappa shape index (κ1) is 27.8. The number of aromatic nitrogens is 3. The molecule has 2 N–H and O–H groups in total. The molecule has 4 saturated heterocycles. The molecule has 4 aromatic rings.